The average Bonchev–Trinajstić information content (AvgIpc) is 2.70. The van der Waals surface area contributed by atoms with Gasteiger partial charge in [-0.05, 0) is 38.1 Å². The molecule has 1 aliphatic rings. The summed E-state index contributed by atoms with van der Waals surface area (Å²) in [6.45, 7) is 7.19. The van der Waals surface area contributed by atoms with Crippen molar-refractivity contribution in [1.29, 1.82) is 0 Å². The smallest absolute Gasteiger partial charge is 0.303 e. The Bertz CT molecular complexity index is 470. The molecule has 1 aliphatic heterocycles. The molecule has 1 N–H and O–H groups in total. The fraction of sp³-hybridized carbons (Fsp3) is 0.733. The third kappa shape index (κ3) is 3.60. The van der Waals surface area contributed by atoms with Crippen LogP contribution in [0.3, 0.4) is 0 Å². The van der Waals surface area contributed by atoms with Crippen LogP contribution in [0.1, 0.15) is 37.4 Å². The minimum absolute atomic E-state index is 0.255. The lowest BCUT2D eigenvalue weighted by molar-refractivity contribution is -0.138. The molecule has 1 fully saturated rings. The Kier molecular flexibility index (Phi) is 4.81. The number of carbonyl (C=O) groups is 1. The summed E-state index contributed by atoms with van der Waals surface area (Å²) in [5, 5.41) is 13.2. The van der Waals surface area contributed by atoms with Crippen LogP contribution >= 0.6 is 0 Å². The van der Waals surface area contributed by atoms with Gasteiger partial charge in [0.05, 0.1) is 6.20 Å². The zero-order valence-electron chi connectivity index (χ0n) is 12.7. The first-order valence-corrected chi connectivity index (χ1v) is 7.39. The third-order valence-corrected chi connectivity index (χ3v) is 4.57. The highest BCUT2D eigenvalue weighted by molar-refractivity contribution is 5.67. The number of piperidine rings is 1. The molecule has 0 saturated carbocycles. The number of carboxylic acid groups (broad SMARTS) is 1. The largest absolute Gasteiger partial charge is 0.481 e. The minimum atomic E-state index is -0.683. The second-order valence-corrected chi connectivity index (χ2v) is 6.09. The molecule has 0 aliphatic carbocycles. The highest BCUT2D eigenvalue weighted by Gasteiger charge is 2.26. The summed E-state index contributed by atoms with van der Waals surface area (Å²) < 4.78 is 1.91. The van der Waals surface area contributed by atoms with E-state index >= 15 is 0 Å². The number of aromatic nitrogens is 2. The fourth-order valence-electron chi connectivity index (χ4n) is 3.08. The van der Waals surface area contributed by atoms with Crippen molar-refractivity contribution in [2.75, 3.05) is 13.1 Å². The number of aliphatic carboxylic acids is 1. The third-order valence-electron chi connectivity index (χ3n) is 4.57. The molecule has 5 heteroatoms. The van der Waals surface area contributed by atoms with Crippen LogP contribution in [0.25, 0.3) is 0 Å². The first-order valence-electron chi connectivity index (χ1n) is 7.39. The maximum Gasteiger partial charge on any atom is 0.303 e. The molecule has 2 heterocycles. The zero-order chi connectivity index (χ0) is 14.7. The van der Waals surface area contributed by atoms with E-state index in [4.69, 9.17) is 5.11 Å². The van der Waals surface area contributed by atoms with Gasteiger partial charge in [0.25, 0.3) is 0 Å². The van der Waals surface area contributed by atoms with Crippen LogP contribution < -0.4 is 0 Å². The van der Waals surface area contributed by atoms with Crippen molar-refractivity contribution in [3.8, 4) is 0 Å². The molecule has 0 aromatic carbocycles. The summed E-state index contributed by atoms with van der Waals surface area (Å²) in [5.41, 5.74) is 2.49. The molecule has 112 valence electrons. The molecular formula is C15H25N3O2. The van der Waals surface area contributed by atoms with Crippen LogP contribution in [0, 0.1) is 18.8 Å². The van der Waals surface area contributed by atoms with E-state index in [9.17, 15) is 4.79 Å². The maximum atomic E-state index is 10.8. The van der Waals surface area contributed by atoms with Gasteiger partial charge in [-0.25, -0.2) is 0 Å². The summed E-state index contributed by atoms with van der Waals surface area (Å²) in [6, 6.07) is 0. The van der Waals surface area contributed by atoms with Gasteiger partial charge in [-0.15, -0.1) is 0 Å². The Balaban J connectivity index is 1.93. The van der Waals surface area contributed by atoms with Crippen molar-refractivity contribution in [3.63, 3.8) is 0 Å². The minimum Gasteiger partial charge on any atom is -0.481 e. The van der Waals surface area contributed by atoms with Crippen LogP contribution in [0.15, 0.2) is 6.20 Å². The topological polar surface area (TPSA) is 58.4 Å². The van der Waals surface area contributed by atoms with E-state index in [0.29, 0.717) is 5.92 Å². The second kappa shape index (κ2) is 6.39. The standard InChI is InChI=1S/C15H25N3O2/c1-11(7-15(19)20)13-5-4-6-18(9-13)10-14-8-16-17(3)12(14)2/h8,11,13H,4-7,9-10H2,1-3H3,(H,19,20). The Hall–Kier alpha value is -1.36. The molecule has 20 heavy (non-hydrogen) atoms. The summed E-state index contributed by atoms with van der Waals surface area (Å²) in [7, 11) is 1.97. The normalized spacial score (nSPS) is 21.9. The highest BCUT2D eigenvalue weighted by Crippen LogP contribution is 2.27. The first-order chi connectivity index (χ1) is 9.47. The number of aryl methyl sites for hydroxylation is 1. The summed E-state index contributed by atoms with van der Waals surface area (Å²) in [4.78, 5) is 13.3. The molecular weight excluding hydrogens is 254 g/mol. The van der Waals surface area contributed by atoms with Gasteiger partial charge in [0.2, 0.25) is 0 Å². The highest BCUT2D eigenvalue weighted by atomic mass is 16.4. The van der Waals surface area contributed by atoms with Gasteiger partial charge in [-0.1, -0.05) is 6.92 Å². The fourth-order valence-corrected chi connectivity index (χ4v) is 3.08. The number of hydrogen-bond donors (Lipinski definition) is 1. The molecule has 5 nitrogen and oxygen atoms in total. The van der Waals surface area contributed by atoms with Crippen LogP contribution in [0.4, 0.5) is 0 Å². The molecule has 2 unspecified atom stereocenters. The van der Waals surface area contributed by atoms with E-state index in [0.717, 1.165) is 32.5 Å². The predicted octanol–water partition coefficient (Wildman–Crippen LogP) is 2.05. The summed E-state index contributed by atoms with van der Waals surface area (Å²) in [5.74, 6) is 0.0693. The summed E-state index contributed by atoms with van der Waals surface area (Å²) in [6.07, 6.45) is 4.54. The first kappa shape index (κ1) is 15.0. The van der Waals surface area contributed by atoms with Crippen LogP contribution in [-0.4, -0.2) is 38.8 Å². The van der Waals surface area contributed by atoms with Crippen molar-refractivity contribution in [3.05, 3.63) is 17.5 Å². The molecule has 1 saturated heterocycles. The monoisotopic (exact) mass is 279 g/mol. The zero-order valence-corrected chi connectivity index (χ0v) is 12.7. The van der Waals surface area contributed by atoms with E-state index in [1.54, 1.807) is 0 Å². The van der Waals surface area contributed by atoms with Gasteiger partial charge in [0.1, 0.15) is 0 Å². The van der Waals surface area contributed by atoms with E-state index in [1.165, 1.54) is 11.3 Å². The van der Waals surface area contributed by atoms with Gasteiger partial charge < -0.3 is 5.11 Å². The number of hydrogen-bond acceptors (Lipinski definition) is 3. The van der Waals surface area contributed by atoms with E-state index in [1.807, 2.05) is 17.9 Å². The average molecular weight is 279 g/mol. The van der Waals surface area contributed by atoms with Crippen molar-refractivity contribution in [2.24, 2.45) is 18.9 Å². The van der Waals surface area contributed by atoms with Crippen LogP contribution in [0.5, 0.6) is 0 Å². The van der Waals surface area contributed by atoms with Crippen molar-refractivity contribution >= 4 is 5.97 Å². The molecule has 2 atom stereocenters. The lowest BCUT2D eigenvalue weighted by Gasteiger charge is -2.35. The molecule has 1 aromatic heterocycles. The van der Waals surface area contributed by atoms with E-state index in [2.05, 4.69) is 23.8 Å². The summed E-state index contributed by atoms with van der Waals surface area (Å²) >= 11 is 0. The molecule has 0 radical (unpaired) electrons. The predicted molar refractivity (Wildman–Crippen MR) is 77.4 cm³/mol. The Morgan fingerprint density at radius 1 is 1.60 bits per heavy atom. The SMILES string of the molecule is Cc1c(CN2CCCC(C(C)CC(=O)O)C2)cnn1C. The van der Waals surface area contributed by atoms with Gasteiger partial charge in [0.15, 0.2) is 0 Å². The van der Waals surface area contributed by atoms with Crippen molar-refractivity contribution in [2.45, 2.75) is 39.7 Å². The van der Waals surface area contributed by atoms with Gasteiger partial charge in [0, 0.05) is 37.8 Å². The second-order valence-electron chi connectivity index (χ2n) is 6.09. The molecule has 1 aromatic rings. The molecule has 0 spiro atoms. The number of carboxylic acids is 1. The number of likely N-dealkylation sites (tertiary alicyclic amines) is 1. The maximum absolute atomic E-state index is 10.8. The van der Waals surface area contributed by atoms with Gasteiger partial charge in [-0.3, -0.25) is 14.4 Å². The molecule has 0 bridgehead atoms. The van der Waals surface area contributed by atoms with E-state index < -0.39 is 5.97 Å². The van der Waals surface area contributed by atoms with Crippen molar-refractivity contribution < 1.29 is 9.90 Å². The van der Waals surface area contributed by atoms with Crippen molar-refractivity contribution in [1.82, 2.24) is 14.7 Å². The van der Waals surface area contributed by atoms with Crippen LogP contribution in [0.2, 0.25) is 0 Å². The quantitative estimate of drug-likeness (QED) is 0.896. The Morgan fingerprint density at radius 3 is 2.95 bits per heavy atom. The number of nitrogens with zero attached hydrogens (tertiary/aromatic N) is 3. The van der Waals surface area contributed by atoms with Gasteiger partial charge >= 0.3 is 5.97 Å². The van der Waals surface area contributed by atoms with E-state index in [-0.39, 0.29) is 12.3 Å². The van der Waals surface area contributed by atoms with Gasteiger partial charge in [-0.2, -0.15) is 5.10 Å². The van der Waals surface area contributed by atoms with Crippen LogP contribution in [-0.2, 0) is 18.4 Å². The molecule has 0 amide bonds. The lowest BCUT2D eigenvalue weighted by Crippen LogP contribution is -2.38. The number of rotatable bonds is 5. The lowest BCUT2D eigenvalue weighted by atomic mass is 9.84. The Labute approximate surface area is 120 Å². The Morgan fingerprint density at radius 2 is 2.35 bits per heavy atom. The molecule has 2 rings (SSSR count).